The number of fused-ring (bicyclic) bond motifs is 3. The van der Waals surface area contributed by atoms with Gasteiger partial charge in [0.05, 0.1) is 18.5 Å². The number of rotatable bonds is 2. The van der Waals surface area contributed by atoms with Gasteiger partial charge < -0.3 is 4.98 Å². The molecule has 1 saturated heterocycles. The topological polar surface area (TPSA) is 56.4 Å². The predicted molar refractivity (Wildman–Crippen MR) is 108 cm³/mol. The van der Waals surface area contributed by atoms with Gasteiger partial charge in [0.1, 0.15) is 0 Å². The quantitative estimate of drug-likeness (QED) is 0.678. The Kier molecular flexibility index (Phi) is 4.03. The summed E-state index contributed by atoms with van der Waals surface area (Å²) in [5.41, 5.74) is 4.36. The van der Waals surface area contributed by atoms with Gasteiger partial charge in [0, 0.05) is 35.2 Å². The molecule has 2 aliphatic heterocycles. The summed E-state index contributed by atoms with van der Waals surface area (Å²) < 4.78 is 0. The van der Waals surface area contributed by atoms with Crippen LogP contribution in [-0.4, -0.2) is 46.2 Å². The highest BCUT2D eigenvalue weighted by molar-refractivity contribution is 6.31. The molecule has 2 aliphatic rings. The Hall–Kier alpha value is -2.63. The molecule has 2 atom stereocenters. The lowest BCUT2D eigenvalue weighted by Gasteiger charge is -2.39. The molecule has 1 aromatic heterocycles. The van der Waals surface area contributed by atoms with Gasteiger partial charge in [0.2, 0.25) is 11.8 Å². The molecule has 5 nitrogen and oxygen atoms in total. The van der Waals surface area contributed by atoms with Crippen LogP contribution in [0.1, 0.15) is 29.3 Å². The number of benzene rings is 2. The molecule has 0 unspecified atom stereocenters. The Labute approximate surface area is 167 Å². The van der Waals surface area contributed by atoms with E-state index in [0.29, 0.717) is 11.6 Å². The number of H-pyrrole nitrogens is 1. The summed E-state index contributed by atoms with van der Waals surface area (Å²) >= 11 is 6.59. The first kappa shape index (κ1) is 17.5. The van der Waals surface area contributed by atoms with Gasteiger partial charge in [0.15, 0.2) is 0 Å². The van der Waals surface area contributed by atoms with Gasteiger partial charge in [-0.2, -0.15) is 0 Å². The molecule has 6 heteroatoms. The minimum Gasteiger partial charge on any atom is -0.357 e. The SMILES string of the molecule is CN1C(=O)C[C@@H](N2CCc3c([nH]c4ccccc34)[C@@H]2c2ccccc2Cl)C1=O. The first-order chi connectivity index (χ1) is 13.6. The molecular formula is C22H20ClN3O2. The molecule has 28 heavy (non-hydrogen) atoms. The molecule has 3 aromatic rings. The van der Waals surface area contributed by atoms with Crippen molar-refractivity contribution in [1.82, 2.24) is 14.8 Å². The first-order valence-corrected chi connectivity index (χ1v) is 9.84. The van der Waals surface area contributed by atoms with E-state index in [1.54, 1.807) is 7.05 Å². The number of nitrogens with one attached hydrogen (secondary N) is 1. The smallest absolute Gasteiger partial charge is 0.246 e. The van der Waals surface area contributed by atoms with E-state index in [9.17, 15) is 9.59 Å². The van der Waals surface area contributed by atoms with Crippen molar-refractivity contribution < 1.29 is 9.59 Å². The van der Waals surface area contributed by atoms with Crippen LogP contribution in [-0.2, 0) is 16.0 Å². The maximum Gasteiger partial charge on any atom is 0.246 e. The highest BCUT2D eigenvalue weighted by atomic mass is 35.5. The molecule has 0 bridgehead atoms. The summed E-state index contributed by atoms with van der Waals surface area (Å²) in [6, 6.07) is 15.3. The van der Waals surface area contributed by atoms with E-state index >= 15 is 0 Å². The second kappa shape index (κ2) is 6.47. The number of hydrogen-bond donors (Lipinski definition) is 1. The second-order valence-corrected chi connectivity index (χ2v) is 7.89. The normalized spacial score (nSPS) is 22.9. The molecule has 0 radical (unpaired) electrons. The van der Waals surface area contributed by atoms with Gasteiger partial charge in [-0.05, 0) is 29.7 Å². The minimum absolute atomic E-state index is 0.129. The van der Waals surface area contributed by atoms with E-state index in [0.717, 1.165) is 23.2 Å². The Morgan fingerprint density at radius 1 is 1.07 bits per heavy atom. The molecule has 142 valence electrons. The second-order valence-electron chi connectivity index (χ2n) is 7.49. The van der Waals surface area contributed by atoms with Crippen molar-refractivity contribution in [2.75, 3.05) is 13.6 Å². The summed E-state index contributed by atoms with van der Waals surface area (Å²) in [5, 5.41) is 1.87. The number of hydrogen-bond acceptors (Lipinski definition) is 3. The molecule has 2 aromatic carbocycles. The number of carbonyl (C=O) groups is 2. The van der Waals surface area contributed by atoms with E-state index in [1.165, 1.54) is 15.8 Å². The van der Waals surface area contributed by atoms with Crippen LogP contribution in [0, 0.1) is 0 Å². The van der Waals surface area contributed by atoms with Crippen LogP contribution in [0.15, 0.2) is 48.5 Å². The summed E-state index contributed by atoms with van der Waals surface area (Å²) in [6.45, 7) is 0.697. The van der Waals surface area contributed by atoms with Gasteiger partial charge in [-0.3, -0.25) is 19.4 Å². The van der Waals surface area contributed by atoms with Crippen molar-refractivity contribution in [2.45, 2.75) is 24.9 Å². The monoisotopic (exact) mass is 393 g/mol. The van der Waals surface area contributed by atoms with Gasteiger partial charge in [0.25, 0.3) is 0 Å². The maximum absolute atomic E-state index is 12.8. The van der Waals surface area contributed by atoms with Gasteiger partial charge in [-0.15, -0.1) is 0 Å². The van der Waals surface area contributed by atoms with Crippen LogP contribution in [0.3, 0.4) is 0 Å². The number of likely N-dealkylation sites (tertiary alicyclic amines) is 1. The third-order valence-electron chi connectivity index (χ3n) is 6.03. The Morgan fingerprint density at radius 3 is 2.57 bits per heavy atom. The third-order valence-corrected chi connectivity index (χ3v) is 6.37. The van der Waals surface area contributed by atoms with Crippen molar-refractivity contribution in [1.29, 1.82) is 0 Å². The third kappa shape index (κ3) is 2.50. The maximum atomic E-state index is 12.8. The van der Waals surface area contributed by atoms with E-state index in [1.807, 2.05) is 36.4 Å². The van der Waals surface area contributed by atoms with E-state index in [-0.39, 0.29) is 24.3 Å². The number of para-hydroxylation sites is 1. The molecular weight excluding hydrogens is 374 g/mol. The number of amides is 2. The Bertz CT molecular complexity index is 1110. The number of carbonyl (C=O) groups excluding carboxylic acids is 2. The van der Waals surface area contributed by atoms with E-state index < -0.39 is 6.04 Å². The largest absolute Gasteiger partial charge is 0.357 e. The number of nitrogens with zero attached hydrogens (tertiary/aromatic N) is 2. The lowest BCUT2D eigenvalue weighted by Crippen LogP contribution is -2.47. The standard InChI is InChI=1S/C22H20ClN3O2/c1-25-19(27)12-18(22(25)28)26-11-10-14-13-6-3-5-9-17(13)24-20(14)21(26)15-7-2-4-8-16(15)23/h2-9,18,21,24H,10-12H2,1H3/t18-,21+/m1/s1. The molecule has 0 saturated carbocycles. The fourth-order valence-corrected chi connectivity index (χ4v) is 4.86. The summed E-state index contributed by atoms with van der Waals surface area (Å²) in [7, 11) is 1.56. The zero-order valence-corrected chi connectivity index (χ0v) is 16.2. The lowest BCUT2D eigenvalue weighted by molar-refractivity contribution is -0.138. The summed E-state index contributed by atoms with van der Waals surface area (Å²) in [4.78, 5) is 31.9. The minimum atomic E-state index is -0.460. The lowest BCUT2D eigenvalue weighted by atomic mass is 9.90. The highest BCUT2D eigenvalue weighted by Gasteiger charge is 2.45. The average molecular weight is 394 g/mol. The predicted octanol–water partition coefficient (Wildman–Crippen LogP) is 3.53. The molecule has 3 heterocycles. The molecule has 1 N–H and O–H groups in total. The number of aromatic nitrogens is 1. The van der Waals surface area contributed by atoms with Crippen LogP contribution < -0.4 is 0 Å². The zero-order valence-electron chi connectivity index (χ0n) is 15.5. The van der Waals surface area contributed by atoms with Gasteiger partial charge >= 0.3 is 0 Å². The van der Waals surface area contributed by atoms with Gasteiger partial charge in [-0.25, -0.2) is 0 Å². The van der Waals surface area contributed by atoms with Crippen molar-refractivity contribution >= 4 is 34.3 Å². The van der Waals surface area contributed by atoms with Crippen molar-refractivity contribution in [3.8, 4) is 0 Å². The van der Waals surface area contributed by atoms with Crippen molar-refractivity contribution in [3.63, 3.8) is 0 Å². The van der Waals surface area contributed by atoms with E-state index in [2.05, 4.69) is 22.0 Å². The number of imide groups is 1. The Morgan fingerprint density at radius 2 is 1.82 bits per heavy atom. The molecule has 2 amide bonds. The van der Waals surface area contributed by atoms with Crippen LogP contribution in [0.2, 0.25) is 5.02 Å². The highest BCUT2D eigenvalue weighted by Crippen LogP contribution is 2.42. The molecule has 1 fully saturated rings. The number of aromatic amines is 1. The fourth-order valence-electron chi connectivity index (χ4n) is 4.62. The summed E-state index contributed by atoms with van der Waals surface area (Å²) in [6.07, 6.45) is 1.04. The molecule has 0 spiro atoms. The first-order valence-electron chi connectivity index (χ1n) is 9.46. The average Bonchev–Trinajstić information content (AvgIpc) is 3.20. The zero-order chi connectivity index (χ0) is 19.4. The Balaban J connectivity index is 1.69. The fraction of sp³-hybridized carbons (Fsp3) is 0.273. The van der Waals surface area contributed by atoms with Gasteiger partial charge in [-0.1, -0.05) is 48.0 Å². The van der Waals surface area contributed by atoms with Crippen LogP contribution in [0.4, 0.5) is 0 Å². The number of halogens is 1. The molecule has 5 rings (SSSR count). The number of likely N-dealkylation sites (N-methyl/N-ethyl adjacent to an activating group) is 1. The van der Waals surface area contributed by atoms with Crippen LogP contribution >= 0.6 is 11.6 Å². The van der Waals surface area contributed by atoms with Crippen molar-refractivity contribution in [2.24, 2.45) is 0 Å². The van der Waals surface area contributed by atoms with Crippen LogP contribution in [0.25, 0.3) is 10.9 Å². The molecule has 0 aliphatic carbocycles. The summed E-state index contributed by atoms with van der Waals surface area (Å²) in [5.74, 6) is -0.267. The van der Waals surface area contributed by atoms with E-state index in [4.69, 9.17) is 11.6 Å². The van der Waals surface area contributed by atoms with Crippen molar-refractivity contribution in [3.05, 3.63) is 70.4 Å². The van der Waals surface area contributed by atoms with Crippen LogP contribution in [0.5, 0.6) is 0 Å².